The molecule has 1 saturated carbocycles. The average Bonchev–Trinajstić information content (AvgIpc) is 2.87. The second-order valence-corrected chi connectivity index (χ2v) is 3.80. The van der Waals surface area contributed by atoms with Crippen LogP contribution in [-0.2, 0) is 11.3 Å². The third kappa shape index (κ3) is 2.34. The number of rotatable bonds is 4. The van der Waals surface area contributed by atoms with Crippen LogP contribution in [0.2, 0.25) is 0 Å². The Labute approximate surface area is 83.3 Å². The molecule has 0 saturated heterocycles. The van der Waals surface area contributed by atoms with Crippen molar-refractivity contribution in [2.45, 2.75) is 32.7 Å². The zero-order valence-corrected chi connectivity index (χ0v) is 8.36. The van der Waals surface area contributed by atoms with Gasteiger partial charge in [0.1, 0.15) is 0 Å². The van der Waals surface area contributed by atoms with Gasteiger partial charge in [0.2, 0.25) is 5.91 Å². The molecule has 0 radical (unpaired) electrons. The molecular formula is C10H15N3O. The van der Waals surface area contributed by atoms with Crippen LogP contribution in [0.15, 0.2) is 12.4 Å². The minimum absolute atomic E-state index is 0.0379. The van der Waals surface area contributed by atoms with Crippen molar-refractivity contribution in [3.05, 3.63) is 12.4 Å². The Bertz CT molecular complexity index is 328. The van der Waals surface area contributed by atoms with Crippen molar-refractivity contribution in [1.29, 1.82) is 0 Å². The van der Waals surface area contributed by atoms with Crippen LogP contribution in [0.3, 0.4) is 0 Å². The summed E-state index contributed by atoms with van der Waals surface area (Å²) in [6.45, 7) is 2.83. The van der Waals surface area contributed by atoms with E-state index in [9.17, 15) is 4.79 Å². The normalized spacial score (nSPS) is 15.5. The fraction of sp³-hybridized carbons (Fsp3) is 0.600. The van der Waals surface area contributed by atoms with E-state index in [0.29, 0.717) is 6.42 Å². The highest BCUT2D eigenvalue weighted by atomic mass is 16.1. The zero-order chi connectivity index (χ0) is 9.97. The number of carbonyl (C=O) groups is 1. The van der Waals surface area contributed by atoms with Crippen molar-refractivity contribution >= 4 is 11.6 Å². The van der Waals surface area contributed by atoms with Gasteiger partial charge in [0.05, 0.1) is 11.9 Å². The third-order valence-corrected chi connectivity index (χ3v) is 2.38. The molecule has 0 aromatic carbocycles. The standard InChI is InChI=1S/C10H15N3O/c1-2-10(14)12-9-5-11-13(7-9)6-8-3-4-8/h5,7-8H,2-4,6H2,1H3,(H,12,14). The van der Waals surface area contributed by atoms with Crippen LogP contribution in [0.25, 0.3) is 0 Å². The van der Waals surface area contributed by atoms with Gasteiger partial charge in [-0.05, 0) is 18.8 Å². The Kier molecular flexibility index (Phi) is 2.52. The first kappa shape index (κ1) is 9.24. The molecule has 1 aromatic rings. The first-order valence-electron chi connectivity index (χ1n) is 5.10. The maximum atomic E-state index is 11.1. The highest BCUT2D eigenvalue weighted by molar-refractivity contribution is 5.90. The lowest BCUT2D eigenvalue weighted by Crippen LogP contribution is -2.08. The summed E-state index contributed by atoms with van der Waals surface area (Å²) in [5.74, 6) is 0.848. The van der Waals surface area contributed by atoms with E-state index in [-0.39, 0.29) is 5.91 Å². The second kappa shape index (κ2) is 3.82. The number of amides is 1. The number of hydrogen-bond acceptors (Lipinski definition) is 2. The largest absolute Gasteiger partial charge is 0.323 e. The Morgan fingerprint density at radius 1 is 1.71 bits per heavy atom. The Morgan fingerprint density at radius 2 is 2.50 bits per heavy atom. The molecule has 1 fully saturated rings. The molecule has 1 amide bonds. The van der Waals surface area contributed by atoms with Crippen LogP contribution in [0.5, 0.6) is 0 Å². The van der Waals surface area contributed by atoms with Crippen molar-refractivity contribution in [2.24, 2.45) is 5.92 Å². The molecule has 1 aliphatic rings. The maximum absolute atomic E-state index is 11.1. The van der Waals surface area contributed by atoms with Crippen LogP contribution in [-0.4, -0.2) is 15.7 Å². The summed E-state index contributed by atoms with van der Waals surface area (Å²) in [4.78, 5) is 11.1. The van der Waals surface area contributed by atoms with Crippen LogP contribution >= 0.6 is 0 Å². The maximum Gasteiger partial charge on any atom is 0.224 e. The fourth-order valence-electron chi connectivity index (χ4n) is 1.34. The van der Waals surface area contributed by atoms with E-state index < -0.39 is 0 Å². The second-order valence-electron chi connectivity index (χ2n) is 3.80. The van der Waals surface area contributed by atoms with Gasteiger partial charge in [-0.25, -0.2) is 0 Å². The number of aromatic nitrogens is 2. The summed E-state index contributed by atoms with van der Waals surface area (Å²) in [7, 11) is 0. The number of nitrogens with one attached hydrogen (secondary N) is 1. The van der Waals surface area contributed by atoms with Crippen molar-refractivity contribution in [2.75, 3.05) is 5.32 Å². The van der Waals surface area contributed by atoms with Gasteiger partial charge in [-0.3, -0.25) is 9.48 Å². The first-order valence-corrected chi connectivity index (χ1v) is 5.10. The van der Waals surface area contributed by atoms with Gasteiger partial charge in [0, 0.05) is 19.2 Å². The SMILES string of the molecule is CCC(=O)Nc1cnn(CC2CC2)c1. The number of carbonyl (C=O) groups excluding carboxylic acids is 1. The van der Waals surface area contributed by atoms with Crippen molar-refractivity contribution in [3.8, 4) is 0 Å². The molecule has 1 aliphatic carbocycles. The van der Waals surface area contributed by atoms with Gasteiger partial charge in [-0.2, -0.15) is 5.10 Å². The number of nitrogens with zero attached hydrogens (tertiary/aromatic N) is 2. The molecule has 0 atom stereocenters. The predicted octanol–water partition coefficient (Wildman–Crippen LogP) is 1.64. The number of anilines is 1. The Hall–Kier alpha value is -1.32. The molecule has 0 unspecified atom stereocenters. The van der Waals surface area contributed by atoms with Gasteiger partial charge in [0.15, 0.2) is 0 Å². The summed E-state index contributed by atoms with van der Waals surface area (Å²) in [5, 5.41) is 6.97. The summed E-state index contributed by atoms with van der Waals surface area (Å²) in [6, 6.07) is 0. The third-order valence-electron chi connectivity index (χ3n) is 2.38. The lowest BCUT2D eigenvalue weighted by atomic mass is 10.4. The summed E-state index contributed by atoms with van der Waals surface area (Å²) >= 11 is 0. The van der Waals surface area contributed by atoms with Crippen LogP contribution in [0, 0.1) is 5.92 Å². The molecule has 0 spiro atoms. The zero-order valence-electron chi connectivity index (χ0n) is 8.36. The molecule has 4 heteroatoms. The van der Waals surface area contributed by atoms with Crippen molar-refractivity contribution in [1.82, 2.24) is 9.78 Å². The van der Waals surface area contributed by atoms with Crippen LogP contribution < -0.4 is 5.32 Å². The van der Waals surface area contributed by atoms with E-state index in [2.05, 4.69) is 10.4 Å². The molecule has 4 nitrogen and oxygen atoms in total. The molecule has 1 aromatic heterocycles. The lowest BCUT2D eigenvalue weighted by Gasteiger charge is -1.98. The summed E-state index contributed by atoms with van der Waals surface area (Å²) in [5.41, 5.74) is 0.803. The van der Waals surface area contributed by atoms with Crippen molar-refractivity contribution < 1.29 is 4.79 Å². The van der Waals surface area contributed by atoms with E-state index in [1.165, 1.54) is 12.8 Å². The van der Waals surface area contributed by atoms with E-state index in [0.717, 1.165) is 18.2 Å². The molecule has 1 heterocycles. The smallest absolute Gasteiger partial charge is 0.224 e. The number of hydrogen-bond donors (Lipinski definition) is 1. The minimum atomic E-state index is 0.0379. The van der Waals surface area contributed by atoms with Gasteiger partial charge >= 0.3 is 0 Å². The van der Waals surface area contributed by atoms with Gasteiger partial charge in [-0.1, -0.05) is 6.92 Å². The molecule has 76 valence electrons. The van der Waals surface area contributed by atoms with E-state index in [1.54, 1.807) is 6.20 Å². The highest BCUT2D eigenvalue weighted by Crippen LogP contribution is 2.30. The molecular weight excluding hydrogens is 178 g/mol. The Balaban J connectivity index is 1.91. The molecule has 2 rings (SSSR count). The summed E-state index contributed by atoms with van der Waals surface area (Å²) in [6.07, 6.45) is 6.74. The lowest BCUT2D eigenvalue weighted by molar-refractivity contribution is -0.115. The fourth-order valence-corrected chi connectivity index (χ4v) is 1.34. The van der Waals surface area contributed by atoms with Crippen LogP contribution in [0.4, 0.5) is 5.69 Å². The van der Waals surface area contributed by atoms with Gasteiger partial charge in [0.25, 0.3) is 0 Å². The molecule has 14 heavy (non-hydrogen) atoms. The topological polar surface area (TPSA) is 46.9 Å². The first-order chi connectivity index (χ1) is 6.78. The van der Waals surface area contributed by atoms with E-state index in [4.69, 9.17) is 0 Å². The van der Waals surface area contributed by atoms with E-state index >= 15 is 0 Å². The minimum Gasteiger partial charge on any atom is -0.323 e. The molecule has 1 N–H and O–H groups in total. The van der Waals surface area contributed by atoms with E-state index in [1.807, 2.05) is 17.8 Å². The van der Waals surface area contributed by atoms with Gasteiger partial charge < -0.3 is 5.32 Å². The van der Waals surface area contributed by atoms with Crippen molar-refractivity contribution in [3.63, 3.8) is 0 Å². The summed E-state index contributed by atoms with van der Waals surface area (Å²) < 4.78 is 1.91. The van der Waals surface area contributed by atoms with Crippen LogP contribution in [0.1, 0.15) is 26.2 Å². The average molecular weight is 193 g/mol. The highest BCUT2D eigenvalue weighted by Gasteiger charge is 2.21. The quantitative estimate of drug-likeness (QED) is 0.790. The Morgan fingerprint density at radius 3 is 3.14 bits per heavy atom. The monoisotopic (exact) mass is 193 g/mol. The van der Waals surface area contributed by atoms with Gasteiger partial charge in [-0.15, -0.1) is 0 Å². The predicted molar refractivity (Wildman–Crippen MR) is 53.9 cm³/mol. The molecule has 0 bridgehead atoms. The molecule has 0 aliphatic heterocycles.